The number of rotatable bonds is 2. The van der Waals surface area contributed by atoms with Crippen LogP contribution >= 0.6 is 0 Å². The van der Waals surface area contributed by atoms with Gasteiger partial charge in [0.2, 0.25) is 0 Å². The molecule has 3 aromatic rings. The number of nitrogens with zero attached hydrogens (tertiary/aromatic N) is 3. The van der Waals surface area contributed by atoms with Gasteiger partial charge in [0.15, 0.2) is 6.29 Å². The maximum absolute atomic E-state index is 11.3. The topological polar surface area (TPSA) is 47.8 Å². The Kier molecular flexibility index (Phi) is 2.63. The molecule has 1 aromatic carbocycles. The Labute approximate surface area is 110 Å². The number of benzene rings is 1. The lowest BCUT2D eigenvalue weighted by Crippen LogP contribution is -1.96. The highest BCUT2D eigenvalue weighted by molar-refractivity contribution is 5.98. The van der Waals surface area contributed by atoms with Crippen molar-refractivity contribution in [2.24, 2.45) is 7.05 Å². The molecule has 19 heavy (non-hydrogen) atoms. The number of aromatic nitrogens is 3. The van der Waals surface area contributed by atoms with Crippen LogP contribution in [0.15, 0.2) is 36.5 Å². The molecule has 0 amide bonds. The van der Waals surface area contributed by atoms with E-state index in [1.54, 1.807) is 10.9 Å². The fourth-order valence-corrected chi connectivity index (χ4v) is 2.43. The van der Waals surface area contributed by atoms with Crippen molar-refractivity contribution in [3.8, 4) is 11.3 Å². The van der Waals surface area contributed by atoms with Crippen molar-refractivity contribution in [2.45, 2.75) is 6.92 Å². The lowest BCUT2D eigenvalue weighted by molar-refractivity contribution is 0.112. The maximum Gasteiger partial charge on any atom is 0.154 e. The highest BCUT2D eigenvalue weighted by Crippen LogP contribution is 2.29. The van der Waals surface area contributed by atoms with Crippen LogP contribution in [-0.4, -0.2) is 21.1 Å². The third-order valence-corrected chi connectivity index (χ3v) is 3.27. The molecule has 0 N–H and O–H groups in total. The van der Waals surface area contributed by atoms with Crippen LogP contribution in [0.3, 0.4) is 0 Å². The highest BCUT2D eigenvalue weighted by atomic mass is 16.1. The molecule has 0 aliphatic carbocycles. The monoisotopic (exact) mass is 251 g/mol. The van der Waals surface area contributed by atoms with Crippen molar-refractivity contribution in [2.75, 3.05) is 0 Å². The molecule has 2 heterocycles. The van der Waals surface area contributed by atoms with Gasteiger partial charge in [0.25, 0.3) is 0 Å². The van der Waals surface area contributed by atoms with Crippen molar-refractivity contribution in [3.63, 3.8) is 0 Å². The van der Waals surface area contributed by atoms with Gasteiger partial charge < -0.3 is 0 Å². The number of carbonyl (C=O) groups excluding carboxylic acids is 1. The molecule has 0 radical (unpaired) electrons. The molecule has 94 valence electrons. The second-order valence-electron chi connectivity index (χ2n) is 4.47. The molecular formula is C15H13N3O. The second-order valence-corrected chi connectivity index (χ2v) is 4.47. The minimum absolute atomic E-state index is 0.626. The molecule has 0 spiro atoms. The lowest BCUT2D eigenvalue weighted by atomic mass is 10.0. The molecule has 2 aromatic heterocycles. The quantitative estimate of drug-likeness (QED) is 0.658. The van der Waals surface area contributed by atoms with Crippen LogP contribution in [-0.2, 0) is 7.05 Å². The van der Waals surface area contributed by atoms with Crippen molar-refractivity contribution in [1.82, 2.24) is 14.8 Å². The molecule has 4 nitrogen and oxygen atoms in total. The first-order valence-corrected chi connectivity index (χ1v) is 6.05. The Hall–Kier alpha value is -2.49. The van der Waals surface area contributed by atoms with Crippen LogP contribution in [0.25, 0.3) is 22.2 Å². The van der Waals surface area contributed by atoms with Crippen LogP contribution in [0.2, 0.25) is 0 Å². The summed E-state index contributed by atoms with van der Waals surface area (Å²) in [6.07, 6.45) is 2.62. The predicted molar refractivity (Wildman–Crippen MR) is 74.1 cm³/mol. The molecule has 0 saturated carbocycles. The third-order valence-electron chi connectivity index (χ3n) is 3.27. The summed E-state index contributed by atoms with van der Waals surface area (Å²) in [5.41, 5.74) is 4.00. The first-order valence-electron chi connectivity index (χ1n) is 6.05. The van der Waals surface area contributed by atoms with Gasteiger partial charge in [-0.05, 0) is 13.0 Å². The molecule has 0 atom stereocenters. The number of carbonyl (C=O) groups is 1. The number of para-hydroxylation sites is 1. The smallest absolute Gasteiger partial charge is 0.154 e. The van der Waals surface area contributed by atoms with E-state index in [4.69, 9.17) is 0 Å². The van der Waals surface area contributed by atoms with E-state index in [-0.39, 0.29) is 0 Å². The fourth-order valence-electron chi connectivity index (χ4n) is 2.43. The van der Waals surface area contributed by atoms with Gasteiger partial charge in [-0.3, -0.25) is 14.5 Å². The Morgan fingerprint density at radius 2 is 2.00 bits per heavy atom. The van der Waals surface area contributed by atoms with Crippen LogP contribution in [0.1, 0.15) is 16.1 Å². The summed E-state index contributed by atoms with van der Waals surface area (Å²) < 4.78 is 1.74. The Bertz CT molecular complexity index is 769. The second kappa shape index (κ2) is 4.31. The zero-order chi connectivity index (χ0) is 13.4. The Morgan fingerprint density at radius 3 is 2.79 bits per heavy atom. The fraction of sp³-hybridized carbons (Fsp3) is 0.133. The van der Waals surface area contributed by atoms with Crippen LogP contribution < -0.4 is 0 Å². The summed E-state index contributed by atoms with van der Waals surface area (Å²) in [5.74, 6) is 0. The minimum Gasteiger partial charge on any atom is -0.298 e. The molecule has 0 aliphatic rings. The molecule has 0 bridgehead atoms. The largest absolute Gasteiger partial charge is 0.298 e. The number of pyridine rings is 1. The van der Waals surface area contributed by atoms with Gasteiger partial charge in [0.1, 0.15) is 0 Å². The van der Waals surface area contributed by atoms with Crippen molar-refractivity contribution in [1.29, 1.82) is 0 Å². The molecule has 3 rings (SSSR count). The average molecular weight is 251 g/mol. The van der Waals surface area contributed by atoms with E-state index in [0.717, 1.165) is 34.1 Å². The normalized spacial score (nSPS) is 10.8. The van der Waals surface area contributed by atoms with E-state index in [0.29, 0.717) is 5.56 Å². The van der Waals surface area contributed by atoms with Crippen molar-refractivity contribution in [3.05, 3.63) is 47.8 Å². The number of hydrogen-bond donors (Lipinski definition) is 0. The summed E-state index contributed by atoms with van der Waals surface area (Å²) in [7, 11) is 1.84. The van der Waals surface area contributed by atoms with E-state index in [1.807, 2.05) is 44.3 Å². The van der Waals surface area contributed by atoms with Crippen LogP contribution in [0.5, 0.6) is 0 Å². The SMILES string of the molecule is Cc1nn(C)c(-c2cccc3cccnc23)c1C=O. The molecule has 0 fully saturated rings. The standard InChI is InChI=1S/C15H13N3O/c1-10-13(9-19)15(18(2)17-10)12-7-3-5-11-6-4-8-16-14(11)12/h3-9H,1-2H3. The zero-order valence-electron chi connectivity index (χ0n) is 10.8. The molecule has 0 aliphatic heterocycles. The van der Waals surface area contributed by atoms with Crippen molar-refractivity contribution >= 4 is 17.2 Å². The zero-order valence-corrected chi connectivity index (χ0v) is 10.8. The molecule has 4 heteroatoms. The van der Waals surface area contributed by atoms with Crippen molar-refractivity contribution < 1.29 is 4.79 Å². The third kappa shape index (κ3) is 1.73. The molecule has 0 unspecified atom stereocenters. The van der Waals surface area contributed by atoms with Gasteiger partial charge in [0, 0.05) is 24.2 Å². The summed E-state index contributed by atoms with van der Waals surface area (Å²) in [5, 5.41) is 5.37. The average Bonchev–Trinajstić information content (AvgIpc) is 2.72. The minimum atomic E-state index is 0.626. The predicted octanol–water partition coefficient (Wildman–Crippen LogP) is 2.76. The Balaban J connectivity index is 2.40. The summed E-state index contributed by atoms with van der Waals surface area (Å²) in [4.78, 5) is 15.7. The van der Waals surface area contributed by atoms with Gasteiger partial charge >= 0.3 is 0 Å². The molecular weight excluding hydrogens is 238 g/mol. The van der Waals surface area contributed by atoms with E-state index >= 15 is 0 Å². The molecule has 0 saturated heterocycles. The number of hydrogen-bond acceptors (Lipinski definition) is 3. The number of fused-ring (bicyclic) bond motifs is 1. The van der Waals surface area contributed by atoms with E-state index < -0.39 is 0 Å². The highest BCUT2D eigenvalue weighted by Gasteiger charge is 2.16. The summed E-state index contributed by atoms with van der Waals surface area (Å²) >= 11 is 0. The maximum atomic E-state index is 11.3. The van der Waals surface area contributed by atoms with E-state index in [2.05, 4.69) is 10.1 Å². The number of aryl methyl sites for hydroxylation is 2. The van der Waals surface area contributed by atoms with Gasteiger partial charge in [-0.15, -0.1) is 0 Å². The lowest BCUT2D eigenvalue weighted by Gasteiger charge is -2.07. The van der Waals surface area contributed by atoms with Gasteiger partial charge in [-0.1, -0.05) is 24.3 Å². The summed E-state index contributed by atoms with van der Waals surface area (Å²) in [6, 6.07) is 9.86. The van der Waals surface area contributed by atoms with Gasteiger partial charge in [-0.25, -0.2) is 0 Å². The number of aldehydes is 1. The summed E-state index contributed by atoms with van der Waals surface area (Å²) in [6.45, 7) is 1.84. The van der Waals surface area contributed by atoms with Gasteiger partial charge in [-0.2, -0.15) is 5.10 Å². The van der Waals surface area contributed by atoms with Crippen LogP contribution in [0, 0.1) is 6.92 Å². The Morgan fingerprint density at radius 1 is 1.21 bits per heavy atom. The van der Waals surface area contributed by atoms with Gasteiger partial charge in [0.05, 0.1) is 22.5 Å². The first-order chi connectivity index (χ1) is 9.22. The first kappa shape index (κ1) is 11.6. The van der Waals surface area contributed by atoms with Crippen LogP contribution in [0.4, 0.5) is 0 Å². The van der Waals surface area contributed by atoms with E-state index in [9.17, 15) is 4.79 Å². The van der Waals surface area contributed by atoms with E-state index in [1.165, 1.54) is 0 Å².